The van der Waals surface area contributed by atoms with Gasteiger partial charge in [-0.2, -0.15) is 0 Å². The van der Waals surface area contributed by atoms with Gasteiger partial charge in [0, 0.05) is 0 Å². The van der Waals surface area contributed by atoms with Crippen LogP contribution >= 0.6 is 12.8 Å². The zero-order valence-electron chi connectivity index (χ0n) is 7.62. The van der Waals surface area contributed by atoms with E-state index >= 15 is 0 Å². The van der Waals surface area contributed by atoms with Gasteiger partial charge in [-0.25, -0.2) is 0 Å². The van der Waals surface area contributed by atoms with Gasteiger partial charge in [0.2, 0.25) is 0 Å². The average Bonchev–Trinajstić information content (AvgIpc) is 2.88. The maximum atomic E-state index is 4.26. The highest BCUT2D eigenvalue weighted by molar-refractivity contribution is 7.78. The molecule has 1 fully saturated rings. The van der Waals surface area contributed by atoms with Gasteiger partial charge in [0.1, 0.15) is 0 Å². The van der Waals surface area contributed by atoms with Crippen LogP contribution in [0.4, 0.5) is 0 Å². The van der Waals surface area contributed by atoms with Crippen LogP contribution in [0, 0.1) is 5.92 Å². The summed E-state index contributed by atoms with van der Waals surface area (Å²) in [5.74, 6) is 1.48. The van der Waals surface area contributed by atoms with Crippen molar-refractivity contribution in [1.82, 2.24) is 4.72 Å². The molecule has 0 aliphatic heterocycles. The normalized spacial score (nSPS) is 39.8. The molecule has 1 nitrogen and oxygen atoms in total. The molecule has 0 heterocycles. The van der Waals surface area contributed by atoms with Crippen LogP contribution < -0.4 is 4.72 Å². The summed E-state index contributed by atoms with van der Waals surface area (Å²) in [6.45, 7) is 2.32. The number of hydrogen-bond donors (Lipinski definition) is 2. The summed E-state index contributed by atoms with van der Waals surface area (Å²) >= 11 is 4.26. The van der Waals surface area contributed by atoms with Crippen molar-refractivity contribution in [3.63, 3.8) is 0 Å². The molecule has 1 aromatic rings. The van der Waals surface area contributed by atoms with Gasteiger partial charge < -0.3 is 0 Å². The average molecular weight is 191 g/mol. The van der Waals surface area contributed by atoms with Gasteiger partial charge in [0.15, 0.2) is 0 Å². The third kappa shape index (κ3) is 0.785. The first-order valence-corrected chi connectivity index (χ1v) is 5.25. The topological polar surface area (TPSA) is 12.0 Å². The van der Waals surface area contributed by atoms with E-state index in [0.29, 0.717) is 5.92 Å². The monoisotopic (exact) mass is 191 g/mol. The van der Waals surface area contributed by atoms with Crippen LogP contribution in [0.5, 0.6) is 0 Å². The van der Waals surface area contributed by atoms with E-state index < -0.39 is 0 Å². The summed E-state index contributed by atoms with van der Waals surface area (Å²) in [5.41, 5.74) is 3.21. The summed E-state index contributed by atoms with van der Waals surface area (Å²) in [6.07, 6.45) is 1.26. The zero-order valence-corrected chi connectivity index (χ0v) is 8.51. The fourth-order valence-corrected chi connectivity index (χ4v) is 3.28. The van der Waals surface area contributed by atoms with Gasteiger partial charge in [-0.1, -0.05) is 44.0 Å². The Morgan fingerprint density at radius 2 is 2.23 bits per heavy atom. The number of fused-ring (bicyclic) bond motifs is 3. The lowest BCUT2D eigenvalue weighted by Crippen LogP contribution is -2.20. The third-order valence-electron chi connectivity index (χ3n) is 3.75. The Morgan fingerprint density at radius 3 is 3.00 bits per heavy atom. The smallest absolute Gasteiger partial charge is 0.0570 e. The molecule has 13 heavy (non-hydrogen) atoms. The highest BCUT2D eigenvalue weighted by Gasteiger charge is 2.62. The van der Waals surface area contributed by atoms with E-state index in [-0.39, 0.29) is 5.54 Å². The molecule has 2 aliphatic rings. The molecule has 2 heteroatoms. The van der Waals surface area contributed by atoms with Gasteiger partial charge in [-0.3, -0.25) is 4.72 Å². The van der Waals surface area contributed by atoms with Gasteiger partial charge in [0.05, 0.1) is 5.54 Å². The predicted molar refractivity (Wildman–Crippen MR) is 56.8 cm³/mol. The van der Waals surface area contributed by atoms with Crippen molar-refractivity contribution in [2.24, 2.45) is 5.92 Å². The maximum absolute atomic E-state index is 4.26. The van der Waals surface area contributed by atoms with Crippen molar-refractivity contribution in [1.29, 1.82) is 0 Å². The van der Waals surface area contributed by atoms with Crippen LogP contribution in [0.15, 0.2) is 24.3 Å². The SMILES string of the molecule is CC1c2ccccc2C2(NS)CC12. The van der Waals surface area contributed by atoms with Crippen LogP contribution in [-0.2, 0) is 5.54 Å². The van der Waals surface area contributed by atoms with E-state index in [2.05, 4.69) is 48.7 Å². The minimum Gasteiger partial charge on any atom is -0.256 e. The predicted octanol–water partition coefficient (Wildman–Crippen LogP) is 2.45. The Bertz CT molecular complexity index is 363. The van der Waals surface area contributed by atoms with Crippen molar-refractivity contribution in [2.45, 2.75) is 24.8 Å². The van der Waals surface area contributed by atoms with Crippen molar-refractivity contribution in [2.75, 3.05) is 0 Å². The maximum Gasteiger partial charge on any atom is 0.0570 e. The summed E-state index contributed by atoms with van der Waals surface area (Å²) in [6, 6.07) is 8.74. The largest absolute Gasteiger partial charge is 0.256 e. The Hall–Kier alpha value is -0.470. The highest BCUT2D eigenvalue weighted by atomic mass is 32.1. The minimum atomic E-state index is 0.221. The Kier molecular flexibility index (Phi) is 1.40. The molecule has 1 aromatic carbocycles. The Balaban J connectivity index is 2.19. The van der Waals surface area contributed by atoms with Gasteiger partial charge >= 0.3 is 0 Å². The van der Waals surface area contributed by atoms with E-state index in [4.69, 9.17) is 0 Å². The van der Waals surface area contributed by atoms with Crippen LogP contribution in [0.1, 0.15) is 30.4 Å². The van der Waals surface area contributed by atoms with Crippen LogP contribution in [0.2, 0.25) is 0 Å². The second-order valence-corrected chi connectivity index (χ2v) is 4.49. The van der Waals surface area contributed by atoms with Crippen LogP contribution in [-0.4, -0.2) is 0 Å². The standard InChI is InChI=1S/C11H13NS/c1-7-8-4-2-3-5-9(8)11(12-13)6-10(7)11/h2-5,7,10,12-13H,6H2,1H3. The highest BCUT2D eigenvalue weighted by Crippen LogP contribution is 2.65. The fourth-order valence-electron chi connectivity index (χ4n) is 2.91. The van der Waals surface area contributed by atoms with Gasteiger partial charge in [-0.05, 0) is 29.4 Å². The van der Waals surface area contributed by atoms with E-state index in [1.807, 2.05) is 0 Å². The summed E-state index contributed by atoms with van der Waals surface area (Å²) < 4.78 is 3.20. The molecule has 2 aliphatic carbocycles. The molecule has 0 radical (unpaired) electrons. The van der Waals surface area contributed by atoms with E-state index in [1.54, 1.807) is 0 Å². The number of benzene rings is 1. The van der Waals surface area contributed by atoms with Crippen molar-refractivity contribution in [3.8, 4) is 0 Å². The molecule has 0 spiro atoms. The molecule has 1 saturated carbocycles. The van der Waals surface area contributed by atoms with Gasteiger partial charge in [-0.15, -0.1) is 0 Å². The first-order valence-electron chi connectivity index (χ1n) is 4.80. The summed E-state index contributed by atoms with van der Waals surface area (Å²) in [7, 11) is 0. The fraction of sp³-hybridized carbons (Fsp3) is 0.455. The van der Waals surface area contributed by atoms with E-state index in [0.717, 1.165) is 5.92 Å². The molecule has 0 saturated heterocycles. The molecule has 0 bridgehead atoms. The zero-order chi connectivity index (χ0) is 9.05. The first-order chi connectivity index (χ1) is 6.29. The Morgan fingerprint density at radius 1 is 1.46 bits per heavy atom. The van der Waals surface area contributed by atoms with Crippen LogP contribution in [0.3, 0.4) is 0 Å². The molecule has 68 valence electrons. The Labute approximate surface area is 84.1 Å². The molecule has 0 aromatic heterocycles. The number of rotatable bonds is 1. The number of hydrogen-bond acceptors (Lipinski definition) is 2. The van der Waals surface area contributed by atoms with Gasteiger partial charge in [0.25, 0.3) is 0 Å². The van der Waals surface area contributed by atoms with Crippen molar-refractivity contribution >= 4 is 12.8 Å². The van der Waals surface area contributed by atoms with E-state index in [1.165, 1.54) is 17.5 Å². The molecule has 0 amide bonds. The van der Waals surface area contributed by atoms with Crippen molar-refractivity contribution in [3.05, 3.63) is 35.4 Å². The number of thiol groups is 1. The lowest BCUT2D eigenvalue weighted by atomic mass is 9.98. The molecule has 3 unspecified atom stereocenters. The lowest BCUT2D eigenvalue weighted by molar-refractivity contribution is 0.590. The molecular formula is C11H13NS. The summed E-state index contributed by atoms with van der Waals surface area (Å²) in [5, 5.41) is 0. The molecule has 1 N–H and O–H groups in total. The summed E-state index contributed by atoms with van der Waals surface area (Å²) in [4.78, 5) is 0. The second-order valence-electron chi connectivity index (χ2n) is 4.27. The molecule has 3 rings (SSSR count). The number of nitrogens with one attached hydrogen (secondary N) is 1. The third-order valence-corrected chi connectivity index (χ3v) is 4.15. The van der Waals surface area contributed by atoms with Crippen molar-refractivity contribution < 1.29 is 0 Å². The first kappa shape index (κ1) is 7.89. The lowest BCUT2D eigenvalue weighted by Gasteiger charge is -2.12. The van der Waals surface area contributed by atoms with Crippen LogP contribution in [0.25, 0.3) is 0 Å². The van der Waals surface area contributed by atoms with E-state index in [9.17, 15) is 0 Å². The second kappa shape index (κ2) is 2.31. The molecular weight excluding hydrogens is 178 g/mol. The molecule has 3 atom stereocenters. The minimum absolute atomic E-state index is 0.221. The quantitative estimate of drug-likeness (QED) is 0.650.